The van der Waals surface area contributed by atoms with Crippen molar-refractivity contribution in [1.82, 2.24) is 19.9 Å². The molecule has 0 spiro atoms. The normalized spacial score (nSPS) is 13.8. The summed E-state index contributed by atoms with van der Waals surface area (Å²) in [4.78, 5) is 28.1. The third-order valence-corrected chi connectivity index (χ3v) is 4.43. The van der Waals surface area contributed by atoms with E-state index >= 15 is 0 Å². The predicted octanol–water partition coefficient (Wildman–Crippen LogP) is 1.59. The molecule has 29 heavy (non-hydrogen) atoms. The maximum Gasteiger partial charge on any atom is 0.260 e. The summed E-state index contributed by atoms with van der Waals surface area (Å²) >= 11 is 0. The molecule has 1 saturated heterocycles. The van der Waals surface area contributed by atoms with Crippen LogP contribution in [-0.2, 0) is 4.79 Å². The van der Waals surface area contributed by atoms with Crippen molar-refractivity contribution < 1.29 is 9.53 Å². The number of rotatable bonds is 6. The Labute approximate surface area is 169 Å². The number of carbonyl (C=O) groups is 1. The highest BCUT2D eigenvalue weighted by molar-refractivity contribution is 5.88. The lowest BCUT2D eigenvalue weighted by Crippen LogP contribution is -2.32. The van der Waals surface area contributed by atoms with Crippen molar-refractivity contribution in [3.05, 3.63) is 35.7 Å². The van der Waals surface area contributed by atoms with Crippen molar-refractivity contribution in [3.63, 3.8) is 0 Å². The van der Waals surface area contributed by atoms with Gasteiger partial charge in [0, 0.05) is 32.7 Å². The monoisotopic (exact) mass is 393 g/mol. The summed E-state index contributed by atoms with van der Waals surface area (Å²) in [7, 11) is 3.55. The van der Waals surface area contributed by atoms with Gasteiger partial charge in [-0.15, -0.1) is 0 Å². The number of allylic oxidation sites excluding steroid dienone is 1. The Balaban J connectivity index is 1.85. The van der Waals surface area contributed by atoms with Gasteiger partial charge in [-0.05, 0) is 25.0 Å². The predicted molar refractivity (Wildman–Crippen MR) is 110 cm³/mol. The van der Waals surface area contributed by atoms with Crippen molar-refractivity contribution in [2.75, 3.05) is 44.4 Å². The van der Waals surface area contributed by atoms with E-state index in [1.54, 1.807) is 42.1 Å². The van der Waals surface area contributed by atoms with E-state index in [9.17, 15) is 10.1 Å². The summed E-state index contributed by atoms with van der Waals surface area (Å²) in [6, 6.07) is 9.28. The second-order valence-electron chi connectivity index (χ2n) is 6.80. The first-order valence-corrected chi connectivity index (χ1v) is 9.28. The summed E-state index contributed by atoms with van der Waals surface area (Å²) in [5.41, 5.74) is 6.62. The van der Waals surface area contributed by atoms with Crippen molar-refractivity contribution >= 4 is 29.5 Å². The molecule has 0 radical (unpaired) electrons. The topological polar surface area (TPSA) is 121 Å². The van der Waals surface area contributed by atoms with E-state index in [1.165, 1.54) is 0 Å². The van der Waals surface area contributed by atoms with Gasteiger partial charge in [0.2, 0.25) is 11.9 Å². The van der Waals surface area contributed by atoms with Gasteiger partial charge in [0.15, 0.2) is 12.4 Å². The highest BCUT2D eigenvalue weighted by Crippen LogP contribution is 2.24. The molecule has 1 aromatic heterocycles. The number of carbonyl (C=O) groups excluding carboxylic acids is 1. The maximum absolute atomic E-state index is 12.3. The quantitative estimate of drug-likeness (QED) is 0.734. The number of para-hydroxylation sites is 1. The molecule has 0 unspecified atom stereocenters. The number of nitrogen functional groups attached to an aromatic ring is 1. The van der Waals surface area contributed by atoms with Crippen LogP contribution in [0.25, 0.3) is 11.6 Å². The Morgan fingerprint density at radius 2 is 2.00 bits per heavy atom. The Morgan fingerprint density at radius 1 is 1.28 bits per heavy atom. The van der Waals surface area contributed by atoms with Crippen LogP contribution in [0.4, 0.5) is 11.9 Å². The average Bonchev–Trinajstić information content (AvgIpc) is 3.25. The number of anilines is 2. The SMILES string of the molecule is CN(C)c1nc(N)nc(/C(C#N)=C/c2ccccc2OCC(=O)N2CCCC2)n1. The van der Waals surface area contributed by atoms with Gasteiger partial charge in [-0.3, -0.25) is 4.79 Å². The zero-order valence-electron chi connectivity index (χ0n) is 16.5. The number of likely N-dealkylation sites (tertiary alicyclic amines) is 1. The number of hydrogen-bond donors (Lipinski definition) is 1. The van der Waals surface area contributed by atoms with Gasteiger partial charge in [-0.25, -0.2) is 0 Å². The molecule has 150 valence electrons. The molecule has 2 N–H and O–H groups in total. The van der Waals surface area contributed by atoms with Gasteiger partial charge in [-0.2, -0.15) is 20.2 Å². The van der Waals surface area contributed by atoms with Crippen LogP contribution in [0.15, 0.2) is 24.3 Å². The molecule has 2 aromatic rings. The minimum Gasteiger partial charge on any atom is -0.483 e. The fourth-order valence-corrected chi connectivity index (χ4v) is 2.93. The lowest BCUT2D eigenvalue weighted by Gasteiger charge is -2.16. The lowest BCUT2D eigenvalue weighted by atomic mass is 10.1. The first-order valence-electron chi connectivity index (χ1n) is 9.28. The summed E-state index contributed by atoms with van der Waals surface area (Å²) < 4.78 is 5.75. The Morgan fingerprint density at radius 3 is 2.69 bits per heavy atom. The number of aromatic nitrogens is 3. The molecule has 2 heterocycles. The first kappa shape index (κ1) is 20.1. The van der Waals surface area contributed by atoms with E-state index in [2.05, 4.69) is 21.0 Å². The van der Waals surface area contributed by atoms with Crippen LogP contribution < -0.4 is 15.4 Å². The Hall–Kier alpha value is -3.67. The van der Waals surface area contributed by atoms with E-state index in [1.807, 2.05) is 12.1 Å². The fourth-order valence-electron chi connectivity index (χ4n) is 2.93. The van der Waals surface area contributed by atoms with E-state index < -0.39 is 0 Å². The molecule has 0 aliphatic carbocycles. The molecule has 1 aliphatic heterocycles. The zero-order valence-corrected chi connectivity index (χ0v) is 16.5. The number of amides is 1. The number of nitrogens with zero attached hydrogens (tertiary/aromatic N) is 6. The summed E-state index contributed by atoms with van der Waals surface area (Å²) in [5.74, 6) is 1.02. The van der Waals surface area contributed by atoms with E-state index in [0.29, 0.717) is 17.3 Å². The van der Waals surface area contributed by atoms with Crippen LogP contribution in [0.1, 0.15) is 24.2 Å². The zero-order chi connectivity index (χ0) is 20.8. The smallest absolute Gasteiger partial charge is 0.260 e. The molecule has 1 amide bonds. The summed E-state index contributed by atoms with van der Waals surface area (Å²) in [6.07, 6.45) is 3.67. The largest absolute Gasteiger partial charge is 0.483 e. The van der Waals surface area contributed by atoms with Gasteiger partial charge >= 0.3 is 0 Å². The highest BCUT2D eigenvalue weighted by Gasteiger charge is 2.18. The van der Waals surface area contributed by atoms with Gasteiger partial charge < -0.3 is 20.3 Å². The molecule has 0 bridgehead atoms. The van der Waals surface area contributed by atoms with Crippen molar-refractivity contribution in [2.45, 2.75) is 12.8 Å². The van der Waals surface area contributed by atoms with Crippen LogP contribution >= 0.6 is 0 Å². The molecule has 1 aromatic carbocycles. The van der Waals surface area contributed by atoms with Crippen molar-refractivity contribution in [1.29, 1.82) is 5.26 Å². The summed E-state index contributed by atoms with van der Waals surface area (Å²) in [5, 5.41) is 9.64. The third-order valence-electron chi connectivity index (χ3n) is 4.43. The fraction of sp³-hybridized carbons (Fsp3) is 0.350. The number of nitriles is 1. The van der Waals surface area contributed by atoms with Crippen LogP contribution in [0.2, 0.25) is 0 Å². The highest BCUT2D eigenvalue weighted by atomic mass is 16.5. The van der Waals surface area contributed by atoms with Crippen molar-refractivity contribution in [3.8, 4) is 11.8 Å². The van der Waals surface area contributed by atoms with Gasteiger partial charge in [-0.1, -0.05) is 18.2 Å². The van der Waals surface area contributed by atoms with Gasteiger partial charge in [0.1, 0.15) is 11.8 Å². The second kappa shape index (κ2) is 9.01. The molecule has 9 heteroatoms. The molecular weight excluding hydrogens is 370 g/mol. The molecule has 1 aliphatic rings. The van der Waals surface area contributed by atoms with Gasteiger partial charge in [0.05, 0.1) is 5.57 Å². The van der Waals surface area contributed by atoms with Crippen LogP contribution in [0.3, 0.4) is 0 Å². The summed E-state index contributed by atoms with van der Waals surface area (Å²) in [6.45, 7) is 1.50. The minimum absolute atomic E-state index is 0.0283. The average molecular weight is 393 g/mol. The van der Waals surface area contributed by atoms with Crippen LogP contribution in [0.5, 0.6) is 5.75 Å². The van der Waals surface area contributed by atoms with Gasteiger partial charge in [0.25, 0.3) is 5.91 Å². The third kappa shape index (κ3) is 4.99. The van der Waals surface area contributed by atoms with Crippen LogP contribution in [0, 0.1) is 11.3 Å². The molecule has 3 rings (SSSR count). The number of hydrogen-bond acceptors (Lipinski definition) is 8. The standard InChI is InChI=1S/C20H23N7O2/c1-26(2)20-24-18(23-19(22)25-20)15(12-21)11-14-7-3-4-8-16(14)29-13-17(28)27-9-5-6-10-27/h3-4,7-8,11H,5-6,9-10,13H2,1-2H3,(H2,22,23,24,25)/b15-11+. The second-order valence-corrected chi connectivity index (χ2v) is 6.80. The Bertz CT molecular complexity index is 960. The number of benzene rings is 1. The number of ether oxygens (including phenoxy) is 1. The minimum atomic E-state index is -0.0454. The lowest BCUT2D eigenvalue weighted by molar-refractivity contribution is -0.132. The molecular formula is C20H23N7O2. The van der Waals surface area contributed by atoms with Crippen molar-refractivity contribution in [2.24, 2.45) is 0 Å². The maximum atomic E-state index is 12.3. The Kier molecular flexibility index (Phi) is 6.24. The number of nitrogens with two attached hydrogens (primary N) is 1. The molecule has 0 saturated carbocycles. The van der Waals surface area contributed by atoms with E-state index in [4.69, 9.17) is 10.5 Å². The first-order chi connectivity index (χ1) is 14.0. The van der Waals surface area contributed by atoms with E-state index in [0.717, 1.165) is 25.9 Å². The molecule has 0 atom stereocenters. The molecule has 9 nitrogen and oxygen atoms in total. The molecule has 1 fully saturated rings. The van der Waals surface area contributed by atoms with Crippen LogP contribution in [-0.4, -0.2) is 59.6 Å². The van der Waals surface area contributed by atoms with E-state index in [-0.39, 0.29) is 29.9 Å².